The fourth-order valence-corrected chi connectivity index (χ4v) is 2.81. The van der Waals surface area contributed by atoms with E-state index in [0.717, 1.165) is 31.1 Å². The summed E-state index contributed by atoms with van der Waals surface area (Å²) in [7, 11) is 1.71. The van der Waals surface area contributed by atoms with E-state index in [4.69, 9.17) is 16.7 Å². The van der Waals surface area contributed by atoms with Crippen molar-refractivity contribution in [3.63, 3.8) is 0 Å². The lowest BCUT2D eigenvalue weighted by atomic mass is 9.99. The highest BCUT2D eigenvalue weighted by molar-refractivity contribution is 6.30. The largest absolute Gasteiger partial charge is 0.480 e. The van der Waals surface area contributed by atoms with Crippen molar-refractivity contribution in [1.29, 1.82) is 0 Å². The lowest BCUT2D eigenvalue weighted by Crippen LogP contribution is -2.41. The van der Waals surface area contributed by atoms with Crippen LogP contribution >= 0.6 is 11.6 Å². The molecule has 1 heterocycles. The molecule has 0 radical (unpaired) electrons. The Morgan fingerprint density at radius 2 is 2.21 bits per heavy atom. The minimum absolute atomic E-state index is 0.176. The summed E-state index contributed by atoms with van der Waals surface area (Å²) in [6.45, 7) is 2.61. The quantitative estimate of drug-likeness (QED) is 0.865. The van der Waals surface area contributed by atoms with Crippen LogP contribution in [0.1, 0.15) is 12.0 Å². The molecule has 4 nitrogen and oxygen atoms in total. The first-order valence-corrected chi connectivity index (χ1v) is 6.85. The molecule has 2 atom stereocenters. The molecular formula is C14H19ClN2O2. The highest BCUT2D eigenvalue weighted by atomic mass is 35.5. The smallest absolute Gasteiger partial charge is 0.321 e. The summed E-state index contributed by atoms with van der Waals surface area (Å²) >= 11 is 5.86. The van der Waals surface area contributed by atoms with Gasteiger partial charge in [-0.1, -0.05) is 23.7 Å². The van der Waals surface area contributed by atoms with Crippen LogP contribution in [-0.4, -0.2) is 42.2 Å². The monoisotopic (exact) mass is 282 g/mol. The second kappa shape index (κ2) is 6.37. The Balaban J connectivity index is 1.91. The summed E-state index contributed by atoms with van der Waals surface area (Å²) in [6.07, 6.45) is 0.922. The topological polar surface area (TPSA) is 52.6 Å². The maximum atomic E-state index is 11.1. The maximum absolute atomic E-state index is 11.1. The standard InChI is InChI=1S/C14H19ClN2O2/c1-16-13(14(18)19)11-6-7-17(9-11)8-10-2-4-12(15)5-3-10/h2-5,11,13,16H,6-9H2,1H3,(H,18,19). The summed E-state index contributed by atoms with van der Waals surface area (Å²) in [4.78, 5) is 13.4. The number of benzene rings is 1. The van der Waals surface area contributed by atoms with Gasteiger partial charge >= 0.3 is 5.97 Å². The van der Waals surface area contributed by atoms with Gasteiger partial charge in [0.25, 0.3) is 0 Å². The Hall–Kier alpha value is -1.10. The molecule has 1 aliphatic rings. The number of hydrogen-bond acceptors (Lipinski definition) is 3. The van der Waals surface area contributed by atoms with Crippen molar-refractivity contribution in [2.75, 3.05) is 20.1 Å². The van der Waals surface area contributed by atoms with Crippen LogP contribution in [0.3, 0.4) is 0 Å². The van der Waals surface area contributed by atoms with Gasteiger partial charge in [-0.2, -0.15) is 0 Å². The average Bonchev–Trinajstić information content (AvgIpc) is 2.81. The molecule has 19 heavy (non-hydrogen) atoms. The van der Waals surface area contributed by atoms with Gasteiger partial charge in [0.15, 0.2) is 0 Å². The predicted octanol–water partition coefficient (Wildman–Crippen LogP) is 1.83. The van der Waals surface area contributed by atoms with E-state index < -0.39 is 12.0 Å². The molecule has 1 saturated heterocycles. The van der Waals surface area contributed by atoms with Crippen LogP contribution in [0.2, 0.25) is 5.02 Å². The number of likely N-dealkylation sites (N-methyl/N-ethyl adjacent to an activating group) is 1. The number of halogens is 1. The summed E-state index contributed by atoms with van der Waals surface area (Å²) in [5.41, 5.74) is 1.21. The van der Waals surface area contributed by atoms with Gasteiger partial charge < -0.3 is 10.4 Å². The van der Waals surface area contributed by atoms with Gasteiger partial charge in [-0.15, -0.1) is 0 Å². The normalized spacial score (nSPS) is 21.5. The number of rotatable bonds is 5. The number of nitrogens with zero attached hydrogens (tertiary/aromatic N) is 1. The summed E-state index contributed by atoms with van der Waals surface area (Å²) < 4.78 is 0. The van der Waals surface area contributed by atoms with Crippen molar-refractivity contribution in [2.24, 2.45) is 5.92 Å². The fourth-order valence-electron chi connectivity index (χ4n) is 2.69. The van der Waals surface area contributed by atoms with Crippen molar-refractivity contribution in [3.8, 4) is 0 Å². The van der Waals surface area contributed by atoms with Gasteiger partial charge in [0.2, 0.25) is 0 Å². The summed E-state index contributed by atoms with van der Waals surface area (Å²) in [6, 6.07) is 7.36. The Bertz CT molecular complexity index is 436. The van der Waals surface area contributed by atoms with Crippen LogP contribution in [0, 0.1) is 5.92 Å². The molecule has 2 rings (SSSR count). The third-order valence-electron chi connectivity index (χ3n) is 3.68. The number of aliphatic carboxylic acids is 1. The number of carboxylic acids is 1. The van der Waals surface area contributed by atoms with Gasteiger partial charge in [-0.25, -0.2) is 0 Å². The van der Waals surface area contributed by atoms with Gasteiger partial charge in [-0.3, -0.25) is 9.69 Å². The van der Waals surface area contributed by atoms with E-state index in [9.17, 15) is 4.79 Å². The van der Waals surface area contributed by atoms with Crippen LogP contribution in [0.15, 0.2) is 24.3 Å². The molecule has 1 aliphatic heterocycles. The minimum Gasteiger partial charge on any atom is -0.480 e. The molecule has 0 aromatic heterocycles. The fraction of sp³-hybridized carbons (Fsp3) is 0.500. The van der Waals surface area contributed by atoms with Crippen LogP contribution < -0.4 is 5.32 Å². The zero-order chi connectivity index (χ0) is 13.8. The molecular weight excluding hydrogens is 264 g/mol. The molecule has 0 amide bonds. The first-order valence-electron chi connectivity index (χ1n) is 6.47. The van der Waals surface area contributed by atoms with E-state index in [1.54, 1.807) is 7.05 Å². The summed E-state index contributed by atoms with van der Waals surface area (Å²) in [5, 5.41) is 12.8. The van der Waals surface area contributed by atoms with E-state index in [1.807, 2.05) is 24.3 Å². The molecule has 0 aliphatic carbocycles. The third-order valence-corrected chi connectivity index (χ3v) is 3.93. The Morgan fingerprint density at radius 1 is 1.53 bits per heavy atom. The highest BCUT2D eigenvalue weighted by Crippen LogP contribution is 2.22. The lowest BCUT2D eigenvalue weighted by molar-refractivity contribution is -0.140. The molecule has 5 heteroatoms. The molecule has 1 aromatic carbocycles. The van der Waals surface area contributed by atoms with Crippen molar-refractivity contribution in [2.45, 2.75) is 19.0 Å². The van der Waals surface area contributed by atoms with Gasteiger partial charge in [0.05, 0.1) is 0 Å². The van der Waals surface area contributed by atoms with Crippen LogP contribution in [0.4, 0.5) is 0 Å². The molecule has 0 bridgehead atoms. The van der Waals surface area contributed by atoms with Crippen LogP contribution in [0.25, 0.3) is 0 Å². The first-order chi connectivity index (χ1) is 9.10. The zero-order valence-corrected chi connectivity index (χ0v) is 11.7. The number of hydrogen-bond donors (Lipinski definition) is 2. The van der Waals surface area contributed by atoms with Gasteiger partial charge in [-0.05, 0) is 43.6 Å². The van der Waals surface area contributed by atoms with Crippen LogP contribution in [-0.2, 0) is 11.3 Å². The van der Waals surface area contributed by atoms with Crippen molar-refractivity contribution in [3.05, 3.63) is 34.9 Å². The Kier molecular flexibility index (Phi) is 4.80. The maximum Gasteiger partial charge on any atom is 0.321 e. The van der Waals surface area contributed by atoms with E-state index >= 15 is 0 Å². The third kappa shape index (κ3) is 3.69. The predicted molar refractivity (Wildman–Crippen MR) is 75.3 cm³/mol. The van der Waals surface area contributed by atoms with Crippen molar-refractivity contribution < 1.29 is 9.90 Å². The highest BCUT2D eigenvalue weighted by Gasteiger charge is 2.32. The molecule has 0 spiro atoms. The molecule has 2 N–H and O–H groups in total. The molecule has 2 unspecified atom stereocenters. The van der Waals surface area contributed by atoms with Gasteiger partial charge in [0, 0.05) is 18.1 Å². The first kappa shape index (κ1) is 14.3. The lowest BCUT2D eigenvalue weighted by Gasteiger charge is -2.20. The van der Waals surface area contributed by atoms with Crippen LogP contribution in [0.5, 0.6) is 0 Å². The minimum atomic E-state index is -0.763. The number of carbonyl (C=O) groups is 1. The SMILES string of the molecule is CNC(C(=O)O)C1CCN(Cc2ccc(Cl)cc2)C1. The Morgan fingerprint density at radius 3 is 2.79 bits per heavy atom. The zero-order valence-electron chi connectivity index (χ0n) is 11.0. The second-order valence-corrected chi connectivity index (χ2v) is 5.45. The second-order valence-electron chi connectivity index (χ2n) is 5.01. The number of likely N-dealkylation sites (tertiary alicyclic amines) is 1. The van der Waals surface area contributed by atoms with E-state index in [0.29, 0.717) is 0 Å². The van der Waals surface area contributed by atoms with E-state index in [1.165, 1.54) is 5.56 Å². The molecule has 1 fully saturated rings. The van der Waals surface area contributed by atoms with E-state index in [-0.39, 0.29) is 5.92 Å². The Labute approximate surface area is 118 Å². The van der Waals surface area contributed by atoms with Crippen molar-refractivity contribution >= 4 is 17.6 Å². The molecule has 1 aromatic rings. The van der Waals surface area contributed by atoms with Crippen molar-refractivity contribution in [1.82, 2.24) is 10.2 Å². The van der Waals surface area contributed by atoms with Gasteiger partial charge in [0.1, 0.15) is 6.04 Å². The number of carboxylic acid groups (broad SMARTS) is 1. The molecule has 0 saturated carbocycles. The van der Waals surface area contributed by atoms with E-state index in [2.05, 4.69) is 10.2 Å². The number of nitrogens with one attached hydrogen (secondary N) is 1. The summed E-state index contributed by atoms with van der Waals surface area (Å²) in [5.74, 6) is -0.587. The molecule has 104 valence electrons. The average molecular weight is 283 g/mol.